The van der Waals surface area contributed by atoms with Crippen LogP contribution in [0.5, 0.6) is 0 Å². The quantitative estimate of drug-likeness (QED) is 0.835. The van der Waals surface area contributed by atoms with E-state index in [9.17, 15) is 14.7 Å². The van der Waals surface area contributed by atoms with Gasteiger partial charge < -0.3 is 15.3 Å². The number of carbonyl (C=O) groups excluding carboxylic acids is 2. The molecule has 1 aromatic carbocycles. The number of likely N-dealkylation sites (tertiary alicyclic amines) is 1. The lowest BCUT2D eigenvalue weighted by atomic mass is 9.69. The van der Waals surface area contributed by atoms with Crippen LogP contribution < -0.4 is 5.32 Å². The summed E-state index contributed by atoms with van der Waals surface area (Å²) in [6.07, 6.45) is 5.64. The second-order valence-electron chi connectivity index (χ2n) is 8.16. The van der Waals surface area contributed by atoms with Crippen molar-refractivity contribution in [3.8, 4) is 0 Å². The fourth-order valence-corrected chi connectivity index (χ4v) is 4.54. The van der Waals surface area contributed by atoms with Gasteiger partial charge in [-0.05, 0) is 42.9 Å². The highest BCUT2D eigenvalue weighted by atomic mass is 16.3. The monoisotopic (exact) mass is 393 g/mol. The fraction of sp³-hybridized carbons (Fsp3) is 0.435. The molecule has 29 heavy (non-hydrogen) atoms. The second-order valence-corrected chi connectivity index (χ2v) is 8.16. The van der Waals surface area contributed by atoms with Crippen molar-refractivity contribution in [1.29, 1.82) is 0 Å². The number of aryl methyl sites for hydroxylation is 1. The van der Waals surface area contributed by atoms with Gasteiger partial charge in [0.05, 0.1) is 17.6 Å². The Morgan fingerprint density at radius 2 is 1.93 bits per heavy atom. The third-order valence-corrected chi connectivity index (χ3v) is 6.34. The number of rotatable bonds is 4. The van der Waals surface area contributed by atoms with Crippen molar-refractivity contribution < 1.29 is 14.7 Å². The number of aliphatic hydroxyl groups excluding tert-OH is 1. The third kappa shape index (κ3) is 4.17. The number of hydrogen-bond donors (Lipinski definition) is 2. The summed E-state index contributed by atoms with van der Waals surface area (Å²) < 4.78 is 0. The molecule has 6 nitrogen and oxygen atoms in total. The molecule has 1 aromatic heterocycles. The number of aliphatic hydroxyl groups is 1. The predicted octanol–water partition coefficient (Wildman–Crippen LogP) is 2.25. The Morgan fingerprint density at radius 1 is 1.17 bits per heavy atom. The lowest BCUT2D eigenvalue weighted by Gasteiger charge is -2.46. The summed E-state index contributed by atoms with van der Waals surface area (Å²) in [5.41, 5.74) is 1.40. The minimum absolute atomic E-state index is 0.000822. The van der Waals surface area contributed by atoms with E-state index in [0.29, 0.717) is 45.2 Å². The standard InChI is InChI=1S/C23H27N3O3/c27-19-15-23(22(29)25-21(19)18-6-2-1-3-7-18)10-13-26(14-11-23)20(28)9-8-17-5-4-12-24-16-17/h1-7,12,16,19,21,27H,8-11,13-15H2,(H,25,29)/t19-,21+/m1/s1. The van der Waals surface area contributed by atoms with Gasteiger partial charge in [-0.3, -0.25) is 14.6 Å². The average molecular weight is 393 g/mol. The molecule has 0 saturated carbocycles. The van der Waals surface area contributed by atoms with Crippen LogP contribution in [-0.2, 0) is 16.0 Å². The van der Waals surface area contributed by atoms with Gasteiger partial charge in [0.2, 0.25) is 11.8 Å². The van der Waals surface area contributed by atoms with E-state index in [1.165, 1.54) is 0 Å². The van der Waals surface area contributed by atoms with Gasteiger partial charge >= 0.3 is 0 Å². The Balaban J connectivity index is 1.34. The molecule has 0 radical (unpaired) electrons. The Kier molecular flexibility index (Phi) is 5.62. The molecule has 152 valence electrons. The van der Waals surface area contributed by atoms with Crippen LogP contribution in [0.2, 0.25) is 0 Å². The molecule has 0 unspecified atom stereocenters. The summed E-state index contributed by atoms with van der Waals surface area (Å²) in [7, 11) is 0. The van der Waals surface area contributed by atoms with Gasteiger partial charge in [0.15, 0.2) is 0 Å². The lowest BCUT2D eigenvalue weighted by molar-refractivity contribution is -0.148. The summed E-state index contributed by atoms with van der Waals surface area (Å²) in [4.78, 5) is 31.5. The molecule has 2 aliphatic rings. The number of hydrogen-bond acceptors (Lipinski definition) is 4. The summed E-state index contributed by atoms with van der Waals surface area (Å²) >= 11 is 0. The zero-order valence-corrected chi connectivity index (χ0v) is 16.5. The Labute approximate surface area is 171 Å². The van der Waals surface area contributed by atoms with Gasteiger partial charge in [-0.2, -0.15) is 0 Å². The van der Waals surface area contributed by atoms with E-state index in [0.717, 1.165) is 11.1 Å². The second kappa shape index (κ2) is 8.33. The Hall–Kier alpha value is -2.73. The van der Waals surface area contributed by atoms with Crippen LogP contribution in [0.15, 0.2) is 54.9 Å². The summed E-state index contributed by atoms with van der Waals surface area (Å²) in [6.45, 7) is 1.12. The van der Waals surface area contributed by atoms with E-state index < -0.39 is 11.5 Å². The lowest BCUT2D eigenvalue weighted by Crippen LogP contribution is -2.57. The van der Waals surface area contributed by atoms with Crippen molar-refractivity contribution in [2.24, 2.45) is 5.41 Å². The maximum atomic E-state index is 13.0. The molecule has 3 heterocycles. The van der Waals surface area contributed by atoms with Crippen molar-refractivity contribution in [2.75, 3.05) is 13.1 Å². The van der Waals surface area contributed by atoms with E-state index in [1.807, 2.05) is 47.4 Å². The first-order valence-electron chi connectivity index (χ1n) is 10.3. The molecule has 6 heteroatoms. The summed E-state index contributed by atoms with van der Waals surface area (Å²) in [5.74, 6) is 0.113. The minimum atomic E-state index is -0.622. The molecule has 4 rings (SSSR count). The highest BCUT2D eigenvalue weighted by Crippen LogP contribution is 2.42. The van der Waals surface area contributed by atoms with Gasteiger partial charge in [0, 0.05) is 31.9 Å². The molecule has 0 bridgehead atoms. The first-order valence-corrected chi connectivity index (χ1v) is 10.3. The maximum absolute atomic E-state index is 13.0. The highest BCUT2D eigenvalue weighted by molar-refractivity contribution is 5.85. The normalized spacial score (nSPS) is 23.6. The first-order chi connectivity index (χ1) is 14.1. The third-order valence-electron chi connectivity index (χ3n) is 6.34. The SMILES string of the molecule is O=C(CCc1cccnc1)N1CCC2(CC1)C[C@@H](O)[C@H](c1ccccc1)NC2=O. The number of carbonyl (C=O) groups is 2. The average Bonchev–Trinajstić information content (AvgIpc) is 2.76. The van der Waals surface area contributed by atoms with E-state index >= 15 is 0 Å². The number of aromatic nitrogens is 1. The molecule has 1 spiro atoms. The van der Waals surface area contributed by atoms with Gasteiger partial charge in [-0.25, -0.2) is 0 Å². The highest BCUT2D eigenvalue weighted by Gasteiger charge is 2.49. The zero-order valence-electron chi connectivity index (χ0n) is 16.5. The van der Waals surface area contributed by atoms with Gasteiger partial charge in [0.25, 0.3) is 0 Å². The Morgan fingerprint density at radius 3 is 2.62 bits per heavy atom. The Bertz CT molecular complexity index is 848. The number of nitrogens with zero attached hydrogens (tertiary/aromatic N) is 2. The molecule has 2 aliphatic heterocycles. The molecular weight excluding hydrogens is 366 g/mol. The number of benzene rings is 1. The molecule has 2 saturated heterocycles. The zero-order chi connectivity index (χ0) is 20.3. The molecule has 2 fully saturated rings. The number of amides is 2. The topological polar surface area (TPSA) is 82.5 Å². The molecule has 2 atom stereocenters. The fourth-order valence-electron chi connectivity index (χ4n) is 4.54. The van der Waals surface area contributed by atoms with Crippen molar-refractivity contribution in [1.82, 2.24) is 15.2 Å². The summed E-state index contributed by atoms with van der Waals surface area (Å²) in [5, 5.41) is 13.8. The van der Waals surface area contributed by atoms with Crippen LogP contribution in [0.25, 0.3) is 0 Å². The number of nitrogens with one attached hydrogen (secondary N) is 1. The minimum Gasteiger partial charge on any atom is -0.391 e. The van der Waals surface area contributed by atoms with Gasteiger partial charge in [-0.1, -0.05) is 36.4 Å². The van der Waals surface area contributed by atoms with Crippen LogP contribution >= 0.6 is 0 Å². The smallest absolute Gasteiger partial charge is 0.227 e. The van der Waals surface area contributed by atoms with Crippen molar-refractivity contribution in [3.05, 3.63) is 66.0 Å². The molecule has 0 aliphatic carbocycles. The van der Waals surface area contributed by atoms with E-state index in [1.54, 1.807) is 12.4 Å². The molecule has 2 amide bonds. The number of pyridine rings is 1. The molecule has 2 aromatic rings. The van der Waals surface area contributed by atoms with Crippen LogP contribution in [-0.4, -0.2) is 46.0 Å². The van der Waals surface area contributed by atoms with Crippen molar-refractivity contribution in [3.63, 3.8) is 0 Å². The predicted molar refractivity (Wildman–Crippen MR) is 109 cm³/mol. The molecule has 2 N–H and O–H groups in total. The summed E-state index contributed by atoms with van der Waals surface area (Å²) in [6, 6.07) is 13.1. The van der Waals surface area contributed by atoms with Gasteiger partial charge in [0.1, 0.15) is 0 Å². The molecular formula is C23H27N3O3. The van der Waals surface area contributed by atoms with Crippen molar-refractivity contribution in [2.45, 2.75) is 44.2 Å². The van der Waals surface area contributed by atoms with Crippen LogP contribution in [0.1, 0.15) is 42.9 Å². The van der Waals surface area contributed by atoms with E-state index in [4.69, 9.17) is 0 Å². The van der Waals surface area contributed by atoms with Crippen LogP contribution in [0.3, 0.4) is 0 Å². The van der Waals surface area contributed by atoms with Crippen molar-refractivity contribution >= 4 is 11.8 Å². The van der Waals surface area contributed by atoms with E-state index in [2.05, 4.69) is 10.3 Å². The largest absolute Gasteiger partial charge is 0.391 e. The number of piperidine rings is 2. The van der Waals surface area contributed by atoms with Crippen LogP contribution in [0, 0.1) is 5.41 Å². The van der Waals surface area contributed by atoms with Crippen LogP contribution in [0.4, 0.5) is 0 Å². The van der Waals surface area contributed by atoms with Gasteiger partial charge in [-0.15, -0.1) is 0 Å². The maximum Gasteiger partial charge on any atom is 0.227 e. The first kappa shape index (κ1) is 19.6. The van der Waals surface area contributed by atoms with E-state index in [-0.39, 0.29) is 17.9 Å².